The molecule has 15 heteroatoms. The van der Waals surface area contributed by atoms with Crippen molar-refractivity contribution < 1.29 is 49.2 Å². The van der Waals surface area contributed by atoms with Gasteiger partial charge in [0.1, 0.15) is 23.9 Å². The first kappa shape index (κ1) is 34.1. The molecule has 0 aliphatic heterocycles. The van der Waals surface area contributed by atoms with Crippen LogP contribution in [0.15, 0.2) is 54.7 Å². The van der Waals surface area contributed by atoms with Gasteiger partial charge in [0.25, 0.3) is 0 Å². The van der Waals surface area contributed by atoms with E-state index in [9.17, 15) is 39.0 Å². The van der Waals surface area contributed by atoms with E-state index in [1.807, 2.05) is 0 Å². The summed E-state index contributed by atoms with van der Waals surface area (Å²) >= 11 is 0. The number of carbonyl (C=O) groups excluding carboxylic acids is 3. The number of rotatable bonds is 17. The van der Waals surface area contributed by atoms with Crippen molar-refractivity contribution in [2.24, 2.45) is 5.73 Å². The molecular formula is C30H35N5O10. The van der Waals surface area contributed by atoms with Crippen molar-refractivity contribution in [2.75, 3.05) is 0 Å². The van der Waals surface area contributed by atoms with Crippen molar-refractivity contribution in [1.82, 2.24) is 20.9 Å². The summed E-state index contributed by atoms with van der Waals surface area (Å²) in [5.74, 6) is -6.47. The third kappa shape index (κ3) is 10.4. The monoisotopic (exact) mass is 625 g/mol. The summed E-state index contributed by atoms with van der Waals surface area (Å²) in [6.07, 6.45) is -0.104. The maximum Gasteiger partial charge on any atom is 0.326 e. The van der Waals surface area contributed by atoms with Crippen molar-refractivity contribution in [3.05, 3.63) is 65.9 Å². The van der Waals surface area contributed by atoms with Crippen LogP contribution < -0.4 is 21.7 Å². The zero-order chi connectivity index (χ0) is 33.1. The van der Waals surface area contributed by atoms with Gasteiger partial charge in [-0.15, -0.1) is 0 Å². The van der Waals surface area contributed by atoms with Crippen molar-refractivity contribution >= 4 is 46.5 Å². The molecule has 0 bridgehead atoms. The van der Waals surface area contributed by atoms with Crippen LogP contribution in [0.2, 0.25) is 0 Å². The molecule has 0 saturated heterocycles. The molecule has 10 N–H and O–H groups in total. The molecule has 3 aromatic rings. The molecule has 0 aliphatic carbocycles. The molecule has 0 fully saturated rings. The summed E-state index contributed by atoms with van der Waals surface area (Å²) in [4.78, 5) is 76.8. The second-order valence-electron chi connectivity index (χ2n) is 10.4. The van der Waals surface area contributed by atoms with E-state index in [0.717, 1.165) is 10.9 Å². The molecule has 0 aliphatic rings. The van der Waals surface area contributed by atoms with Gasteiger partial charge in [-0.05, 0) is 42.2 Å². The molecule has 0 radical (unpaired) electrons. The van der Waals surface area contributed by atoms with Crippen LogP contribution in [0, 0.1) is 0 Å². The zero-order valence-electron chi connectivity index (χ0n) is 24.1. The van der Waals surface area contributed by atoms with Gasteiger partial charge in [0.2, 0.25) is 17.7 Å². The number of aliphatic carboxylic acids is 3. The maximum atomic E-state index is 13.7. The van der Waals surface area contributed by atoms with Crippen molar-refractivity contribution in [1.29, 1.82) is 0 Å². The second-order valence-corrected chi connectivity index (χ2v) is 10.4. The Morgan fingerprint density at radius 1 is 0.711 bits per heavy atom. The summed E-state index contributed by atoms with van der Waals surface area (Å²) in [6, 6.07) is 7.44. The molecule has 3 rings (SSSR count). The number of carboxylic acids is 3. The average Bonchev–Trinajstić information content (AvgIpc) is 3.40. The number of phenolic OH excluding ortho intramolecular Hbond substituents is 1. The summed E-state index contributed by atoms with van der Waals surface area (Å²) < 4.78 is 0. The van der Waals surface area contributed by atoms with E-state index >= 15 is 0 Å². The van der Waals surface area contributed by atoms with Crippen LogP contribution in [-0.4, -0.2) is 85.2 Å². The number of aromatic amines is 1. The summed E-state index contributed by atoms with van der Waals surface area (Å²) in [7, 11) is 0. The van der Waals surface area contributed by atoms with E-state index in [1.165, 1.54) is 24.3 Å². The number of carboxylic acid groups (broad SMARTS) is 3. The molecular weight excluding hydrogens is 590 g/mol. The first-order valence-corrected chi connectivity index (χ1v) is 14.0. The third-order valence-corrected chi connectivity index (χ3v) is 7.01. The van der Waals surface area contributed by atoms with Gasteiger partial charge < -0.3 is 47.1 Å². The van der Waals surface area contributed by atoms with E-state index in [2.05, 4.69) is 20.9 Å². The fraction of sp³-hybridized carbons (Fsp3) is 0.333. The van der Waals surface area contributed by atoms with Crippen molar-refractivity contribution in [3.63, 3.8) is 0 Å². The molecule has 2 aromatic carbocycles. The van der Waals surface area contributed by atoms with E-state index in [0.29, 0.717) is 11.1 Å². The Labute approximate surface area is 256 Å². The topological polar surface area (TPSA) is 261 Å². The number of aromatic nitrogens is 1. The molecule has 240 valence electrons. The number of aromatic hydroxyl groups is 1. The van der Waals surface area contributed by atoms with E-state index < -0.39 is 72.6 Å². The Morgan fingerprint density at radius 2 is 1.27 bits per heavy atom. The Bertz CT molecular complexity index is 1540. The van der Waals surface area contributed by atoms with Gasteiger partial charge in [0.15, 0.2) is 0 Å². The van der Waals surface area contributed by atoms with E-state index in [1.54, 1.807) is 30.5 Å². The smallest absolute Gasteiger partial charge is 0.326 e. The summed E-state index contributed by atoms with van der Waals surface area (Å²) in [5.41, 5.74) is 7.72. The fourth-order valence-electron chi connectivity index (χ4n) is 4.57. The lowest BCUT2D eigenvalue weighted by atomic mass is 10.0. The Hall–Kier alpha value is -5.44. The van der Waals surface area contributed by atoms with Gasteiger partial charge in [0.05, 0.1) is 6.04 Å². The van der Waals surface area contributed by atoms with Gasteiger partial charge in [-0.3, -0.25) is 24.0 Å². The molecule has 0 saturated carbocycles. The van der Waals surface area contributed by atoms with Crippen molar-refractivity contribution in [3.8, 4) is 5.75 Å². The largest absolute Gasteiger partial charge is 0.508 e. The number of hydrogen-bond acceptors (Lipinski definition) is 8. The highest BCUT2D eigenvalue weighted by Gasteiger charge is 2.31. The molecule has 4 atom stereocenters. The van der Waals surface area contributed by atoms with Gasteiger partial charge in [-0.2, -0.15) is 0 Å². The lowest BCUT2D eigenvalue weighted by Crippen LogP contribution is -2.58. The third-order valence-electron chi connectivity index (χ3n) is 7.01. The summed E-state index contributed by atoms with van der Waals surface area (Å²) in [5, 5.41) is 45.3. The van der Waals surface area contributed by atoms with Gasteiger partial charge in [-0.25, -0.2) is 4.79 Å². The average molecular weight is 626 g/mol. The molecule has 3 amide bonds. The highest BCUT2D eigenvalue weighted by Crippen LogP contribution is 2.20. The number of H-pyrrole nitrogens is 1. The van der Waals surface area contributed by atoms with Crippen LogP contribution in [0.5, 0.6) is 5.75 Å². The Balaban J connectivity index is 1.90. The van der Waals surface area contributed by atoms with Crippen molar-refractivity contribution in [2.45, 2.75) is 62.7 Å². The highest BCUT2D eigenvalue weighted by atomic mass is 16.4. The number of nitrogens with two attached hydrogens (primary N) is 1. The van der Waals surface area contributed by atoms with Crippen LogP contribution in [-0.2, 0) is 41.6 Å². The SMILES string of the molecule is NC(CCC(=O)O)C(=O)NC(Cc1ccc(O)cc1)C(=O)NC(Cc1c[nH]c2ccccc12)C(=O)NC(CCC(=O)O)C(=O)O. The normalized spacial score (nSPS) is 13.6. The molecule has 1 heterocycles. The number of fused-ring (bicyclic) bond motifs is 1. The van der Waals surface area contributed by atoms with Crippen LogP contribution in [0.25, 0.3) is 10.9 Å². The van der Waals surface area contributed by atoms with Crippen LogP contribution in [0.4, 0.5) is 0 Å². The van der Waals surface area contributed by atoms with E-state index in [-0.39, 0.29) is 31.4 Å². The number of nitrogens with one attached hydrogen (secondary N) is 4. The van der Waals surface area contributed by atoms with Gasteiger partial charge >= 0.3 is 17.9 Å². The van der Waals surface area contributed by atoms with Crippen LogP contribution >= 0.6 is 0 Å². The molecule has 15 nitrogen and oxygen atoms in total. The maximum absolute atomic E-state index is 13.7. The lowest BCUT2D eigenvalue weighted by molar-refractivity contribution is -0.143. The first-order valence-electron chi connectivity index (χ1n) is 14.0. The predicted molar refractivity (Wildman–Crippen MR) is 159 cm³/mol. The van der Waals surface area contributed by atoms with Gasteiger partial charge in [0, 0.05) is 42.8 Å². The number of benzene rings is 2. The zero-order valence-corrected chi connectivity index (χ0v) is 24.1. The van der Waals surface area contributed by atoms with Gasteiger partial charge in [-0.1, -0.05) is 30.3 Å². The lowest BCUT2D eigenvalue weighted by Gasteiger charge is -2.25. The predicted octanol–water partition coefficient (Wildman–Crippen LogP) is 0.255. The second kappa shape index (κ2) is 15.9. The minimum Gasteiger partial charge on any atom is -0.508 e. The van der Waals surface area contributed by atoms with E-state index in [4.69, 9.17) is 15.9 Å². The highest BCUT2D eigenvalue weighted by molar-refractivity contribution is 5.95. The summed E-state index contributed by atoms with van der Waals surface area (Å²) in [6.45, 7) is 0. The number of phenols is 1. The minimum absolute atomic E-state index is 0.0363. The first-order chi connectivity index (χ1) is 21.3. The molecule has 1 aromatic heterocycles. The Morgan fingerprint density at radius 3 is 1.89 bits per heavy atom. The minimum atomic E-state index is -1.56. The number of para-hydroxylation sites is 1. The molecule has 0 spiro atoms. The van der Waals surface area contributed by atoms with Crippen LogP contribution in [0.1, 0.15) is 36.8 Å². The molecule has 45 heavy (non-hydrogen) atoms. The Kier molecular flexibility index (Phi) is 12.0. The fourth-order valence-corrected chi connectivity index (χ4v) is 4.57. The van der Waals surface area contributed by atoms with Crippen LogP contribution in [0.3, 0.4) is 0 Å². The standard InChI is InChI=1S/C30H35N5O10/c31-20(9-11-25(37)38)27(41)34-23(13-16-5-7-18(36)8-6-16)28(42)35-24(14-17-15-32-21-4-2-1-3-19(17)21)29(43)33-22(30(44)45)10-12-26(39)40/h1-8,15,20,22-24,32,36H,9-14,31H2,(H,33,43)(H,34,41)(H,35,42)(H,37,38)(H,39,40)(H,44,45). The number of carbonyl (C=O) groups is 6. The number of hydrogen-bond donors (Lipinski definition) is 9. The quantitative estimate of drug-likeness (QED) is 0.0982. The molecule has 4 unspecified atom stereocenters. The number of amides is 3.